The van der Waals surface area contributed by atoms with Gasteiger partial charge >= 0.3 is 5.97 Å². The van der Waals surface area contributed by atoms with Gasteiger partial charge in [-0.05, 0) is 6.42 Å². The molecule has 0 aliphatic carbocycles. The average molecular weight is 257 g/mol. The fourth-order valence-corrected chi connectivity index (χ4v) is 1.66. The molecule has 0 aromatic carbocycles. The Morgan fingerprint density at radius 3 is 2.33 bits per heavy atom. The Morgan fingerprint density at radius 1 is 1.28 bits per heavy atom. The molecule has 1 saturated heterocycles. The highest BCUT2D eigenvalue weighted by molar-refractivity contribution is 5.86. The number of carbonyl (C=O) groups is 2. The molecule has 1 atom stereocenters. The molecular weight excluding hydrogens is 230 g/mol. The van der Waals surface area contributed by atoms with Gasteiger partial charge in [0.15, 0.2) is 0 Å². The number of hydrogen-bond donors (Lipinski definition) is 0. The topological polar surface area (TPSA) is 46.6 Å². The normalized spacial score (nSPS) is 18.3. The number of likely N-dealkylation sites (tertiary alicyclic amines) is 1. The zero-order valence-corrected chi connectivity index (χ0v) is 12.2. The molecule has 0 aromatic rings. The van der Waals surface area contributed by atoms with Crippen molar-refractivity contribution < 1.29 is 14.3 Å². The van der Waals surface area contributed by atoms with Crippen molar-refractivity contribution in [2.24, 2.45) is 5.92 Å². The van der Waals surface area contributed by atoms with Crippen LogP contribution in [0.2, 0.25) is 0 Å². The molecule has 106 valence electrons. The summed E-state index contributed by atoms with van der Waals surface area (Å²) in [6.45, 7) is 7.74. The maximum atomic E-state index is 11.4. The highest BCUT2D eigenvalue weighted by atomic mass is 16.5. The number of unbranched alkanes of at least 4 members (excludes halogenated alkanes) is 2. The maximum absolute atomic E-state index is 11.4. The standard InChI is InChI=1S/C10H17NO3.C4H10/c1-3-4-5-11-7-8(6-9(11)12)10(13)14-2;1-3-4-2/h8H,3-7H2,1-2H3;3-4H2,1-2H3. The van der Waals surface area contributed by atoms with Crippen LogP contribution in [0.3, 0.4) is 0 Å². The SMILES string of the molecule is CCCC.CCCCN1CC(C(=O)OC)CC1=O. The van der Waals surface area contributed by atoms with E-state index in [0.29, 0.717) is 13.0 Å². The summed E-state index contributed by atoms with van der Waals surface area (Å²) in [4.78, 5) is 24.4. The van der Waals surface area contributed by atoms with Crippen LogP contribution in [0.4, 0.5) is 0 Å². The van der Waals surface area contributed by atoms with Gasteiger partial charge in [0.1, 0.15) is 0 Å². The van der Waals surface area contributed by atoms with E-state index in [2.05, 4.69) is 25.5 Å². The van der Waals surface area contributed by atoms with Crippen molar-refractivity contribution >= 4 is 11.9 Å². The van der Waals surface area contributed by atoms with Crippen LogP contribution in [0.5, 0.6) is 0 Å². The van der Waals surface area contributed by atoms with Gasteiger partial charge in [-0.15, -0.1) is 0 Å². The molecule has 1 fully saturated rings. The van der Waals surface area contributed by atoms with Crippen molar-refractivity contribution in [2.45, 2.75) is 52.9 Å². The van der Waals surface area contributed by atoms with Crippen LogP contribution in [0.15, 0.2) is 0 Å². The van der Waals surface area contributed by atoms with Crippen molar-refractivity contribution in [3.8, 4) is 0 Å². The Balaban J connectivity index is 0.000000631. The Morgan fingerprint density at radius 2 is 1.89 bits per heavy atom. The van der Waals surface area contributed by atoms with Crippen LogP contribution in [0.25, 0.3) is 0 Å². The van der Waals surface area contributed by atoms with Gasteiger partial charge < -0.3 is 9.64 Å². The number of nitrogens with zero attached hydrogens (tertiary/aromatic N) is 1. The first-order valence-corrected chi connectivity index (χ1v) is 6.96. The van der Waals surface area contributed by atoms with Crippen molar-refractivity contribution in [1.82, 2.24) is 4.90 Å². The fraction of sp³-hybridized carbons (Fsp3) is 0.857. The van der Waals surface area contributed by atoms with E-state index in [1.807, 2.05) is 0 Å². The summed E-state index contributed by atoms with van der Waals surface area (Å²) < 4.78 is 4.62. The van der Waals surface area contributed by atoms with E-state index in [9.17, 15) is 9.59 Å². The maximum Gasteiger partial charge on any atom is 0.310 e. The summed E-state index contributed by atoms with van der Waals surface area (Å²) in [6, 6.07) is 0. The zero-order valence-electron chi connectivity index (χ0n) is 12.2. The zero-order chi connectivity index (χ0) is 14.0. The van der Waals surface area contributed by atoms with Gasteiger partial charge in [-0.3, -0.25) is 9.59 Å². The molecule has 1 heterocycles. The molecule has 1 unspecified atom stereocenters. The number of hydrogen-bond acceptors (Lipinski definition) is 3. The number of ether oxygens (including phenoxy) is 1. The molecule has 1 amide bonds. The highest BCUT2D eigenvalue weighted by Gasteiger charge is 2.34. The lowest BCUT2D eigenvalue weighted by Crippen LogP contribution is -2.27. The predicted octanol–water partition coefficient (Wildman–Crippen LogP) is 2.61. The van der Waals surface area contributed by atoms with Gasteiger partial charge in [0.05, 0.1) is 13.0 Å². The molecular formula is C14H27NO3. The molecule has 18 heavy (non-hydrogen) atoms. The largest absolute Gasteiger partial charge is 0.469 e. The first kappa shape index (κ1) is 16.9. The Hall–Kier alpha value is -1.06. The van der Waals surface area contributed by atoms with Crippen LogP contribution in [-0.2, 0) is 14.3 Å². The second kappa shape index (κ2) is 9.92. The number of rotatable bonds is 5. The summed E-state index contributed by atoms with van der Waals surface area (Å²) in [5, 5.41) is 0. The van der Waals surface area contributed by atoms with E-state index in [4.69, 9.17) is 0 Å². The predicted molar refractivity (Wildman–Crippen MR) is 72.2 cm³/mol. The van der Waals surface area contributed by atoms with Crippen molar-refractivity contribution in [3.63, 3.8) is 0 Å². The van der Waals surface area contributed by atoms with E-state index < -0.39 is 0 Å². The first-order valence-electron chi connectivity index (χ1n) is 6.96. The molecule has 1 aliphatic heterocycles. The van der Waals surface area contributed by atoms with E-state index in [-0.39, 0.29) is 17.8 Å². The lowest BCUT2D eigenvalue weighted by molar-refractivity contribution is -0.145. The third-order valence-electron chi connectivity index (χ3n) is 3.03. The fourth-order valence-electron chi connectivity index (χ4n) is 1.66. The minimum Gasteiger partial charge on any atom is -0.469 e. The van der Waals surface area contributed by atoms with Crippen LogP contribution in [-0.4, -0.2) is 37.0 Å². The van der Waals surface area contributed by atoms with E-state index >= 15 is 0 Å². The minimum atomic E-state index is -0.266. The van der Waals surface area contributed by atoms with Gasteiger partial charge in [-0.1, -0.05) is 40.0 Å². The number of methoxy groups -OCH3 is 1. The van der Waals surface area contributed by atoms with Gasteiger partial charge in [0, 0.05) is 19.5 Å². The summed E-state index contributed by atoms with van der Waals surface area (Å²) in [5.41, 5.74) is 0. The third-order valence-corrected chi connectivity index (χ3v) is 3.03. The third kappa shape index (κ3) is 6.03. The molecule has 4 heteroatoms. The van der Waals surface area contributed by atoms with Gasteiger partial charge in [-0.25, -0.2) is 0 Å². The van der Waals surface area contributed by atoms with Crippen molar-refractivity contribution in [2.75, 3.05) is 20.2 Å². The number of carbonyl (C=O) groups excluding carboxylic acids is 2. The second-order valence-electron chi connectivity index (χ2n) is 4.62. The Kier molecular flexibility index (Phi) is 9.33. The number of amides is 1. The molecule has 0 spiro atoms. The molecule has 4 nitrogen and oxygen atoms in total. The first-order chi connectivity index (χ1) is 8.60. The summed E-state index contributed by atoms with van der Waals surface area (Å²) in [5.74, 6) is -0.435. The summed E-state index contributed by atoms with van der Waals surface area (Å²) >= 11 is 0. The molecule has 1 rings (SSSR count). The van der Waals surface area contributed by atoms with Crippen LogP contribution in [0.1, 0.15) is 52.9 Å². The minimum absolute atomic E-state index is 0.0776. The molecule has 0 saturated carbocycles. The average Bonchev–Trinajstić information content (AvgIpc) is 2.77. The highest BCUT2D eigenvalue weighted by Crippen LogP contribution is 2.19. The summed E-state index contributed by atoms with van der Waals surface area (Å²) in [6.07, 6.45) is 5.02. The van der Waals surface area contributed by atoms with Gasteiger partial charge in [0.2, 0.25) is 5.91 Å². The second-order valence-corrected chi connectivity index (χ2v) is 4.62. The summed E-state index contributed by atoms with van der Waals surface area (Å²) in [7, 11) is 1.36. The number of esters is 1. The lowest BCUT2D eigenvalue weighted by atomic mass is 10.1. The molecule has 0 radical (unpaired) electrons. The van der Waals surface area contributed by atoms with Gasteiger partial charge in [0.25, 0.3) is 0 Å². The molecule has 0 N–H and O–H groups in total. The van der Waals surface area contributed by atoms with Crippen LogP contribution >= 0.6 is 0 Å². The quantitative estimate of drug-likeness (QED) is 0.711. The van der Waals surface area contributed by atoms with Gasteiger partial charge in [-0.2, -0.15) is 0 Å². The molecule has 1 aliphatic rings. The Labute approximate surface area is 111 Å². The Bertz CT molecular complexity index is 251. The van der Waals surface area contributed by atoms with E-state index in [1.165, 1.54) is 20.0 Å². The van der Waals surface area contributed by atoms with Crippen LogP contribution in [0, 0.1) is 5.92 Å². The van der Waals surface area contributed by atoms with E-state index in [0.717, 1.165) is 19.4 Å². The van der Waals surface area contributed by atoms with Crippen LogP contribution < -0.4 is 0 Å². The van der Waals surface area contributed by atoms with E-state index in [1.54, 1.807) is 4.90 Å². The molecule has 0 bridgehead atoms. The lowest BCUT2D eigenvalue weighted by Gasteiger charge is -2.15. The smallest absolute Gasteiger partial charge is 0.310 e. The van der Waals surface area contributed by atoms with Crippen molar-refractivity contribution in [1.29, 1.82) is 0 Å². The monoisotopic (exact) mass is 257 g/mol. The molecule has 0 aromatic heterocycles. The van der Waals surface area contributed by atoms with Crippen molar-refractivity contribution in [3.05, 3.63) is 0 Å².